The maximum absolute atomic E-state index is 6.71. The third kappa shape index (κ3) is 3.73. The van der Waals surface area contributed by atoms with E-state index in [0.717, 1.165) is 45.5 Å². The zero-order valence-electron chi connectivity index (χ0n) is 26.5. The number of rotatable bonds is 2. The zero-order chi connectivity index (χ0) is 32.1. The van der Waals surface area contributed by atoms with E-state index in [1.54, 1.807) is 0 Å². The average molecular weight is 625 g/mol. The van der Waals surface area contributed by atoms with E-state index in [4.69, 9.17) is 4.74 Å². The van der Waals surface area contributed by atoms with E-state index in [0.29, 0.717) is 0 Å². The molecule has 3 nitrogen and oxygen atoms in total. The van der Waals surface area contributed by atoms with Crippen LogP contribution in [0.2, 0.25) is 0 Å². The van der Waals surface area contributed by atoms with Gasteiger partial charge in [-0.2, -0.15) is 0 Å². The van der Waals surface area contributed by atoms with Crippen molar-refractivity contribution < 1.29 is 4.74 Å². The number of hydrogen-bond donors (Lipinski definition) is 0. The van der Waals surface area contributed by atoms with Gasteiger partial charge < -0.3 is 14.5 Å². The van der Waals surface area contributed by atoms with Crippen molar-refractivity contribution in [3.05, 3.63) is 170 Å². The van der Waals surface area contributed by atoms with Gasteiger partial charge in [0.25, 0.3) is 0 Å². The van der Waals surface area contributed by atoms with Gasteiger partial charge in [0.1, 0.15) is 0 Å². The van der Waals surface area contributed by atoms with Crippen molar-refractivity contribution in [2.24, 2.45) is 0 Å². The van der Waals surface area contributed by atoms with Crippen molar-refractivity contribution in [1.29, 1.82) is 0 Å². The molecule has 2 aliphatic heterocycles. The number of benzene rings is 9. The topological polar surface area (TPSA) is 15.7 Å². The van der Waals surface area contributed by atoms with E-state index >= 15 is 0 Å². The van der Waals surface area contributed by atoms with Crippen molar-refractivity contribution in [2.45, 2.75) is 0 Å². The van der Waals surface area contributed by atoms with E-state index in [-0.39, 0.29) is 0 Å². The summed E-state index contributed by atoms with van der Waals surface area (Å²) < 4.78 is 6.71. The third-order valence-electron chi connectivity index (χ3n) is 10.3. The molecule has 49 heavy (non-hydrogen) atoms. The molecular formula is C46H28N2O. The molecule has 0 saturated carbocycles. The monoisotopic (exact) mass is 624 g/mol. The van der Waals surface area contributed by atoms with E-state index in [1.807, 2.05) is 6.07 Å². The molecule has 228 valence electrons. The average Bonchev–Trinajstić information content (AvgIpc) is 3.17. The second kappa shape index (κ2) is 9.96. The Morgan fingerprint density at radius 2 is 0.939 bits per heavy atom. The Hall–Kier alpha value is -6.58. The summed E-state index contributed by atoms with van der Waals surface area (Å²) in [5, 5.41) is 10.1. The number of anilines is 6. The van der Waals surface area contributed by atoms with Crippen LogP contribution in [0.25, 0.3) is 54.2 Å². The molecule has 0 aliphatic carbocycles. The highest BCUT2D eigenvalue weighted by atomic mass is 16.5. The van der Waals surface area contributed by atoms with E-state index in [1.165, 1.54) is 54.3 Å². The Morgan fingerprint density at radius 1 is 0.327 bits per heavy atom. The summed E-state index contributed by atoms with van der Waals surface area (Å²) in [4.78, 5) is 4.78. The largest absolute Gasteiger partial charge is 0.453 e. The minimum absolute atomic E-state index is 0.841. The van der Waals surface area contributed by atoms with E-state index in [2.05, 4.69) is 174 Å². The van der Waals surface area contributed by atoms with Crippen molar-refractivity contribution in [1.82, 2.24) is 0 Å². The lowest BCUT2D eigenvalue weighted by Crippen LogP contribution is -2.19. The molecule has 0 radical (unpaired) electrons. The molecule has 0 spiro atoms. The molecule has 2 heterocycles. The summed E-state index contributed by atoms with van der Waals surface area (Å²) in [6.07, 6.45) is 0. The highest BCUT2D eigenvalue weighted by molar-refractivity contribution is 6.26. The smallest absolute Gasteiger partial charge is 0.152 e. The Kier molecular flexibility index (Phi) is 5.38. The van der Waals surface area contributed by atoms with Crippen LogP contribution in [0.5, 0.6) is 11.5 Å². The summed E-state index contributed by atoms with van der Waals surface area (Å²) in [5.74, 6) is 1.69. The lowest BCUT2D eigenvalue weighted by Gasteiger charge is -2.38. The first-order chi connectivity index (χ1) is 24.3. The minimum atomic E-state index is 0.841. The number of fused-ring (bicyclic) bond motifs is 10. The Morgan fingerprint density at radius 3 is 1.71 bits per heavy atom. The molecule has 9 aromatic carbocycles. The van der Waals surface area contributed by atoms with Gasteiger partial charge in [-0.3, -0.25) is 0 Å². The first-order valence-corrected chi connectivity index (χ1v) is 16.8. The molecule has 3 heteroatoms. The number of ether oxygens (including phenoxy) is 1. The van der Waals surface area contributed by atoms with Crippen LogP contribution in [0.3, 0.4) is 0 Å². The molecule has 9 aromatic rings. The van der Waals surface area contributed by atoms with Crippen LogP contribution >= 0.6 is 0 Å². The van der Waals surface area contributed by atoms with Crippen LogP contribution in [0.1, 0.15) is 0 Å². The van der Waals surface area contributed by atoms with Gasteiger partial charge in [0.05, 0.1) is 22.7 Å². The van der Waals surface area contributed by atoms with E-state index < -0.39 is 0 Å². The van der Waals surface area contributed by atoms with Gasteiger partial charge in [-0.15, -0.1) is 0 Å². The predicted octanol–water partition coefficient (Wildman–Crippen LogP) is 13.3. The highest BCUT2D eigenvalue weighted by Crippen LogP contribution is 2.58. The van der Waals surface area contributed by atoms with Crippen LogP contribution in [-0.2, 0) is 0 Å². The highest BCUT2D eigenvalue weighted by Gasteiger charge is 2.32. The fraction of sp³-hybridized carbons (Fsp3) is 0. The lowest BCUT2D eigenvalue weighted by molar-refractivity contribution is 0.477. The van der Waals surface area contributed by atoms with Gasteiger partial charge in [-0.05, 0) is 97.9 Å². The summed E-state index contributed by atoms with van der Waals surface area (Å²) in [6, 6.07) is 61.3. The standard InChI is InChI=1S/C46H28N2O/c1-2-14-30(15-3-1)47-40-21-8-9-23-44(40)49-45-27-39-37-20-10-12-29-13-11-22-41(46(29)37)48(42(39)28-43(45)47)31-24-25-36-34-18-5-4-16-32(34)33-17-6-7-19-35(33)38(36)26-31/h1-28H. The van der Waals surface area contributed by atoms with Gasteiger partial charge in [0.2, 0.25) is 0 Å². The van der Waals surface area contributed by atoms with Gasteiger partial charge >= 0.3 is 0 Å². The summed E-state index contributed by atoms with van der Waals surface area (Å²) in [5.41, 5.74) is 8.92. The minimum Gasteiger partial charge on any atom is -0.453 e. The molecule has 11 rings (SSSR count). The number of nitrogens with zero attached hydrogens (tertiary/aromatic N) is 2. The maximum Gasteiger partial charge on any atom is 0.152 e. The molecule has 0 atom stereocenters. The SMILES string of the molecule is c1ccc(N2c3ccccc3Oc3cc4c(cc32)N(c2ccc3c5ccccc5c5ccccc5c3c2)c2cccc3cccc-4c23)cc1. The molecule has 0 unspecified atom stereocenters. The fourth-order valence-corrected chi connectivity index (χ4v) is 8.22. The first kappa shape index (κ1) is 26.5. The summed E-state index contributed by atoms with van der Waals surface area (Å²) in [6.45, 7) is 0. The number of hydrogen-bond acceptors (Lipinski definition) is 3. The molecular weight excluding hydrogens is 597 g/mol. The van der Waals surface area contributed by atoms with Crippen LogP contribution < -0.4 is 14.5 Å². The Labute approximate surface area is 283 Å². The van der Waals surface area contributed by atoms with Crippen LogP contribution in [0, 0.1) is 0 Å². The molecule has 2 aliphatic rings. The van der Waals surface area contributed by atoms with Crippen molar-refractivity contribution in [3.63, 3.8) is 0 Å². The van der Waals surface area contributed by atoms with Crippen LogP contribution in [0.4, 0.5) is 34.1 Å². The van der Waals surface area contributed by atoms with Crippen LogP contribution in [0.15, 0.2) is 170 Å². The Bertz CT molecular complexity index is 2780. The van der Waals surface area contributed by atoms with Gasteiger partial charge in [0, 0.05) is 22.3 Å². The van der Waals surface area contributed by atoms with Crippen molar-refractivity contribution in [3.8, 4) is 22.6 Å². The molecule has 0 aromatic heterocycles. The number of para-hydroxylation sites is 3. The maximum atomic E-state index is 6.71. The zero-order valence-corrected chi connectivity index (χ0v) is 26.5. The normalized spacial score (nSPS) is 13.0. The van der Waals surface area contributed by atoms with Crippen LogP contribution in [-0.4, -0.2) is 0 Å². The predicted molar refractivity (Wildman–Crippen MR) is 205 cm³/mol. The van der Waals surface area contributed by atoms with E-state index in [9.17, 15) is 0 Å². The summed E-state index contributed by atoms with van der Waals surface area (Å²) in [7, 11) is 0. The summed E-state index contributed by atoms with van der Waals surface area (Å²) >= 11 is 0. The third-order valence-corrected chi connectivity index (χ3v) is 10.3. The van der Waals surface area contributed by atoms with Crippen molar-refractivity contribution in [2.75, 3.05) is 9.80 Å². The second-order valence-electron chi connectivity index (χ2n) is 12.9. The molecule has 0 amide bonds. The van der Waals surface area contributed by atoms with Gasteiger partial charge in [0.15, 0.2) is 11.5 Å². The van der Waals surface area contributed by atoms with Gasteiger partial charge in [-0.25, -0.2) is 0 Å². The fourth-order valence-electron chi connectivity index (χ4n) is 8.22. The Balaban J connectivity index is 1.22. The van der Waals surface area contributed by atoms with Crippen molar-refractivity contribution >= 4 is 77.2 Å². The lowest BCUT2D eigenvalue weighted by atomic mass is 9.89. The first-order valence-electron chi connectivity index (χ1n) is 16.8. The molecule has 0 N–H and O–H groups in total. The molecule has 0 saturated heterocycles. The molecule has 0 bridgehead atoms. The second-order valence-corrected chi connectivity index (χ2v) is 12.9. The molecule has 0 fully saturated rings. The van der Waals surface area contributed by atoms with Gasteiger partial charge in [-0.1, -0.05) is 115 Å². The quantitative estimate of drug-likeness (QED) is 0.178.